The molecular formula is C18H31IN4O3. The van der Waals surface area contributed by atoms with E-state index in [1.165, 1.54) is 0 Å². The van der Waals surface area contributed by atoms with Crippen molar-refractivity contribution < 1.29 is 14.3 Å². The van der Waals surface area contributed by atoms with Crippen molar-refractivity contribution in [1.29, 1.82) is 0 Å². The molecule has 148 valence electrons. The van der Waals surface area contributed by atoms with Crippen LogP contribution in [0.1, 0.15) is 19.4 Å². The first-order valence-electron chi connectivity index (χ1n) is 8.25. The first-order valence-corrected chi connectivity index (χ1v) is 8.25. The summed E-state index contributed by atoms with van der Waals surface area (Å²) in [7, 11) is 6.59. The Morgan fingerprint density at radius 3 is 2.35 bits per heavy atom. The van der Waals surface area contributed by atoms with Crippen molar-refractivity contribution in [3.63, 3.8) is 0 Å². The molecule has 0 spiro atoms. The second-order valence-electron chi connectivity index (χ2n) is 6.25. The number of benzene rings is 1. The number of halogens is 1. The van der Waals surface area contributed by atoms with Gasteiger partial charge in [-0.2, -0.15) is 0 Å². The Bertz CT molecular complexity index is 606. The van der Waals surface area contributed by atoms with E-state index in [9.17, 15) is 4.79 Å². The number of hydrogen-bond acceptors (Lipinski definition) is 4. The van der Waals surface area contributed by atoms with Crippen LogP contribution in [0.25, 0.3) is 0 Å². The van der Waals surface area contributed by atoms with Gasteiger partial charge in [0.25, 0.3) is 0 Å². The van der Waals surface area contributed by atoms with Gasteiger partial charge in [-0.05, 0) is 38.0 Å². The summed E-state index contributed by atoms with van der Waals surface area (Å²) in [5.74, 6) is 2.08. The maximum absolute atomic E-state index is 11.8. The van der Waals surface area contributed by atoms with Crippen LogP contribution in [0, 0.1) is 5.41 Å². The number of carbonyl (C=O) groups excluding carboxylic acids is 1. The van der Waals surface area contributed by atoms with E-state index < -0.39 is 5.41 Å². The smallest absolute Gasteiger partial charge is 0.227 e. The highest BCUT2D eigenvalue weighted by Crippen LogP contribution is 2.27. The van der Waals surface area contributed by atoms with Crippen molar-refractivity contribution in [2.24, 2.45) is 10.4 Å². The maximum atomic E-state index is 11.8. The van der Waals surface area contributed by atoms with Crippen LogP contribution in [0.4, 0.5) is 0 Å². The quantitative estimate of drug-likeness (QED) is 0.302. The van der Waals surface area contributed by atoms with E-state index in [0.29, 0.717) is 24.8 Å². The van der Waals surface area contributed by atoms with Crippen molar-refractivity contribution >= 4 is 35.8 Å². The van der Waals surface area contributed by atoms with E-state index in [-0.39, 0.29) is 29.9 Å². The Kier molecular flexibility index (Phi) is 11.0. The zero-order chi connectivity index (χ0) is 18.9. The van der Waals surface area contributed by atoms with Gasteiger partial charge in [0.1, 0.15) is 0 Å². The molecule has 0 aliphatic carbocycles. The summed E-state index contributed by atoms with van der Waals surface area (Å²) < 4.78 is 10.6. The molecule has 0 saturated carbocycles. The molecular weight excluding hydrogens is 447 g/mol. The Hall–Kier alpha value is -1.71. The number of ether oxygens (including phenoxy) is 2. The van der Waals surface area contributed by atoms with Crippen LogP contribution in [0.2, 0.25) is 0 Å². The van der Waals surface area contributed by atoms with Gasteiger partial charge in [-0.25, -0.2) is 0 Å². The number of amides is 1. The Morgan fingerprint density at radius 1 is 1.15 bits per heavy atom. The van der Waals surface area contributed by atoms with E-state index in [1.54, 1.807) is 28.3 Å². The lowest BCUT2D eigenvalue weighted by Crippen LogP contribution is -2.47. The van der Waals surface area contributed by atoms with E-state index >= 15 is 0 Å². The predicted molar refractivity (Wildman–Crippen MR) is 116 cm³/mol. The number of methoxy groups -OCH3 is 2. The fourth-order valence-corrected chi connectivity index (χ4v) is 2.31. The molecule has 0 atom stereocenters. The molecule has 0 heterocycles. The van der Waals surface area contributed by atoms with Gasteiger partial charge in [0.2, 0.25) is 5.91 Å². The van der Waals surface area contributed by atoms with E-state index in [4.69, 9.17) is 9.47 Å². The highest BCUT2D eigenvalue weighted by atomic mass is 127. The molecule has 0 aliphatic heterocycles. The molecule has 1 rings (SSSR count). The minimum atomic E-state index is -0.518. The van der Waals surface area contributed by atoms with Gasteiger partial charge in [0.15, 0.2) is 17.5 Å². The van der Waals surface area contributed by atoms with Crippen molar-refractivity contribution in [2.75, 3.05) is 41.4 Å². The summed E-state index contributed by atoms with van der Waals surface area (Å²) in [5, 5.41) is 9.10. The molecule has 0 fully saturated rings. The summed E-state index contributed by atoms with van der Waals surface area (Å²) >= 11 is 0. The second kappa shape index (κ2) is 11.8. The number of rotatable bonds is 8. The largest absolute Gasteiger partial charge is 0.493 e. The monoisotopic (exact) mass is 478 g/mol. The minimum absolute atomic E-state index is 0. The van der Waals surface area contributed by atoms with Gasteiger partial charge in [-0.3, -0.25) is 9.79 Å². The van der Waals surface area contributed by atoms with Gasteiger partial charge in [-0.1, -0.05) is 6.07 Å². The first-order chi connectivity index (χ1) is 11.9. The topological polar surface area (TPSA) is 84.0 Å². The van der Waals surface area contributed by atoms with Crippen molar-refractivity contribution in [2.45, 2.75) is 20.3 Å². The number of nitrogens with one attached hydrogen (secondary N) is 3. The molecule has 0 saturated heterocycles. The highest BCUT2D eigenvalue weighted by Gasteiger charge is 2.26. The molecule has 1 aromatic carbocycles. The zero-order valence-electron chi connectivity index (χ0n) is 16.4. The molecule has 0 radical (unpaired) electrons. The minimum Gasteiger partial charge on any atom is -0.493 e. The van der Waals surface area contributed by atoms with Gasteiger partial charge in [0, 0.05) is 27.2 Å². The number of carbonyl (C=O) groups is 1. The van der Waals surface area contributed by atoms with Crippen LogP contribution in [0.15, 0.2) is 23.2 Å². The fraction of sp³-hybridized carbons (Fsp3) is 0.556. The van der Waals surface area contributed by atoms with E-state index in [1.807, 2.05) is 32.0 Å². The van der Waals surface area contributed by atoms with E-state index in [0.717, 1.165) is 17.7 Å². The molecule has 0 aliphatic rings. The van der Waals surface area contributed by atoms with Crippen LogP contribution in [-0.2, 0) is 11.2 Å². The van der Waals surface area contributed by atoms with Crippen LogP contribution in [0.3, 0.4) is 0 Å². The number of aliphatic imine (C=N–C) groups is 1. The average Bonchev–Trinajstić information content (AvgIpc) is 2.63. The summed E-state index contributed by atoms with van der Waals surface area (Å²) in [5.41, 5.74) is 0.613. The molecule has 0 unspecified atom stereocenters. The molecule has 3 N–H and O–H groups in total. The molecule has 26 heavy (non-hydrogen) atoms. The zero-order valence-corrected chi connectivity index (χ0v) is 18.8. The lowest BCUT2D eigenvalue weighted by atomic mass is 9.92. The molecule has 1 amide bonds. The van der Waals surface area contributed by atoms with Crippen molar-refractivity contribution in [3.8, 4) is 11.5 Å². The second-order valence-corrected chi connectivity index (χ2v) is 6.25. The average molecular weight is 478 g/mol. The Labute approximate surface area is 173 Å². The third-order valence-corrected chi connectivity index (χ3v) is 3.92. The number of guanidine groups is 1. The molecule has 0 bridgehead atoms. The normalized spacial score (nSPS) is 11.2. The van der Waals surface area contributed by atoms with Crippen LogP contribution < -0.4 is 25.4 Å². The van der Waals surface area contributed by atoms with Gasteiger partial charge >= 0.3 is 0 Å². The molecule has 0 aromatic heterocycles. The Morgan fingerprint density at radius 2 is 1.81 bits per heavy atom. The van der Waals surface area contributed by atoms with Crippen LogP contribution in [-0.4, -0.2) is 53.3 Å². The van der Waals surface area contributed by atoms with Crippen LogP contribution in [0.5, 0.6) is 11.5 Å². The summed E-state index contributed by atoms with van der Waals surface area (Å²) in [6.45, 7) is 4.96. The summed E-state index contributed by atoms with van der Waals surface area (Å²) in [4.78, 5) is 16.0. The van der Waals surface area contributed by atoms with Crippen LogP contribution >= 0.6 is 24.0 Å². The van der Waals surface area contributed by atoms with Gasteiger partial charge < -0.3 is 25.4 Å². The van der Waals surface area contributed by atoms with Gasteiger partial charge in [0.05, 0.1) is 19.6 Å². The Balaban J connectivity index is 0.00000625. The third-order valence-electron chi connectivity index (χ3n) is 3.92. The predicted octanol–water partition coefficient (Wildman–Crippen LogP) is 1.80. The SMILES string of the molecule is CN=C(NCCc1ccc(OC)c(OC)c1)NCC(C)(C)C(=O)NC.I. The van der Waals surface area contributed by atoms with Crippen molar-refractivity contribution in [1.82, 2.24) is 16.0 Å². The van der Waals surface area contributed by atoms with Gasteiger partial charge in [-0.15, -0.1) is 24.0 Å². The van der Waals surface area contributed by atoms with E-state index in [2.05, 4.69) is 20.9 Å². The lowest BCUT2D eigenvalue weighted by molar-refractivity contribution is -0.128. The van der Waals surface area contributed by atoms with Crippen molar-refractivity contribution in [3.05, 3.63) is 23.8 Å². The molecule has 8 heteroatoms. The lowest BCUT2D eigenvalue weighted by Gasteiger charge is -2.24. The molecule has 7 nitrogen and oxygen atoms in total. The molecule has 1 aromatic rings. The number of nitrogens with zero attached hydrogens (tertiary/aromatic N) is 1. The number of hydrogen-bond donors (Lipinski definition) is 3. The fourth-order valence-electron chi connectivity index (χ4n) is 2.31. The standard InChI is InChI=1S/C18H30N4O3.HI/c1-18(2,16(23)19-3)12-22-17(20-4)21-10-9-13-7-8-14(24-5)15(11-13)25-6;/h7-8,11H,9-10,12H2,1-6H3,(H,19,23)(H2,20,21,22);1H. The maximum Gasteiger partial charge on any atom is 0.227 e. The highest BCUT2D eigenvalue weighted by molar-refractivity contribution is 14.0. The third kappa shape index (κ3) is 7.27. The summed E-state index contributed by atoms with van der Waals surface area (Å²) in [6.07, 6.45) is 0.805. The summed E-state index contributed by atoms with van der Waals surface area (Å²) in [6, 6.07) is 5.87. The first kappa shape index (κ1) is 24.3.